The van der Waals surface area contributed by atoms with Crippen LogP contribution in [-0.2, 0) is 6.42 Å². The molecule has 0 amide bonds. The van der Waals surface area contributed by atoms with E-state index in [-0.39, 0.29) is 0 Å². The molecule has 5 nitrogen and oxygen atoms in total. The topological polar surface area (TPSA) is 60.1 Å². The minimum atomic E-state index is 0.699. The van der Waals surface area contributed by atoms with E-state index >= 15 is 0 Å². The Morgan fingerprint density at radius 2 is 1.87 bits per heavy atom. The van der Waals surface area contributed by atoms with Crippen LogP contribution in [0.3, 0.4) is 0 Å². The summed E-state index contributed by atoms with van der Waals surface area (Å²) in [7, 11) is 3.37. The summed E-state index contributed by atoms with van der Waals surface area (Å²) >= 11 is 0. The molecule has 1 heterocycles. The molecule has 0 spiro atoms. The van der Waals surface area contributed by atoms with Gasteiger partial charge in [-0.1, -0.05) is 12.8 Å². The Labute approximate surface area is 139 Å². The Hall–Kier alpha value is -1.91. The van der Waals surface area contributed by atoms with Crippen molar-refractivity contribution in [3.8, 4) is 11.5 Å². The van der Waals surface area contributed by atoms with Crippen molar-refractivity contribution in [3.63, 3.8) is 0 Å². The average molecular weight is 319 g/mol. The number of nitrogens with two attached hydrogens (primary N) is 1. The van der Waals surface area contributed by atoms with E-state index in [9.17, 15) is 0 Å². The third kappa shape index (κ3) is 5.34. The minimum absolute atomic E-state index is 0.699. The van der Waals surface area contributed by atoms with Crippen molar-refractivity contribution < 1.29 is 9.47 Å². The summed E-state index contributed by atoms with van der Waals surface area (Å²) < 4.78 is 10.7. The van der Waals surface area contributed by atoms with Crippen LogP contribution in [-0.4, -0.2) is 44.7 Å². The molecule has 0 aromatic heterocycles. The number of ether oxygens (including phenoxy) is 2. The fourth-order valence-electron chi connectivity index (χ4n) is 2.94. The fourth-order valence-corrected chi connectivity index (χ4v) is 2.94. The van der Waals surface area contributed by atoms with Gasteiger partial charge in [0.1, 0.15) is 11.5 Å². The number of aliphatic imine (C=N–C) groups is 1. The van der Waals surface area contributed by atoms with Gasteiger partial charge in [-0.3, -0.25) is 4.99 Å². The summed E-state index contributed by atoms with van der Waals surface area (Å²) in [5, 5.41) is 0. The van der Waals surface area contributed by atoms with Crippen molar-refractivity contribution in [2.45, 2.75) is 38.5 Å². The lowest BCUT2D eigenvalue weighted by Gasteiger charge is -2.21. The molecular weight excluding hydrogens is 290 g/mol. The fraction of sp³-hybridized carbons (Fsp3) is 0.611. The lowest BCUT2D eigenvalue weighted by Crippen LogP contribution is -2.38. The number of benzene rings is 1. The van der Waals surface area contributed by atoms with Crippen molar-refractivity contribution in [2.75, 3.05) is 33.9 Å². The Kier molecular flexibility index (Phi) is 7.04. The molecule has 1 aliphatic heterocycles. The van der Waals surface area contributed by atoms with Crippen LogP contribution < -0.4 is 15.2 Å². The predicted molar refractivity (Wildman–Crippen MR) is 94.4 cm³/mol. The molecular formula is C18H29N3O2. The van der Waals surface area contributed by atoms with E-state index in [0.717, 1.165) is 49.5 Å². The summed E-state index contributed by atoms with van der Waals surface area (Å²) in [6.45, 7) is 2.82. The quantitative estimate of drug-likeness (QED) is 0.497. The summed E-state index contributed by atoms with van der Waals surface area (Å²) in [5.74, 6) is 2.45. The number of nitrogens with zero attached hydrogens (tertiary/aromatic N) is 2. The number of likely N-dealkylation sites (tertiary alicyclic amines) is 1. The first-order valence-electron chi connectivity index (χ1n) is 8.50. The molecule has 0 unspecified atom stereocenters. The van der Waals surface area contributed by atoms with Crippen molar-refractivity contribution in [3.05, 3.63) is 23.8 Å². The number of methoxy groups -OCH3 is 2. The number of hydrogen-bond acceptors (Lipinski definition) is 3. The van der Waals surface area contributed by atoms with Crippen LogP contribution in [0.5, 0.6) is 11.5 Å². The largest absolute Gasteiger partial charge is 0.497 e. The number of hydrogen-bond donors (Lipinski definition) is 1. The van der Waals surface area contributed by atoms with Crippen LogP contribution in [0.4, 0.5) is 0 Å². The highest BCUT2D eigenvalue weighted by Crippen LogP contribution is 2.25. The molecule has 1 aliphatic rings. The lowest BCUT2D eigenvalue weighted by molar-refractivity contribution is 0.398. The first-order valence-corrected chi connectivity index (χ1v) is 8.50. The summed E-state index contributed by atoms with van der Waals surface area (Å²) in [4.78, 5) is 6.77. The second-order valence-electron chi connectivity index (χ2n) is 5.92. The Morgan fingerprint density at radius 3 is 2.52 bits per heavy atom. The normalized spacial score (nSPS) is 16.1. The highest BCUT2D eigenvalue weighted by molar-refractivity contribution is 5.78. The van der Waals surface area contributed by atoms with Crippen molar-refractivity contribution in [2.24, 2.45) is 10.7 Å². The van der Waals surface area contributed by atoms with Gasteiger partial charge in [0.25, 0.3) is 0 Å². The Morgan fingerprint density at radius 1 is 1.13 bits per heavy atom. The summed E-state index contributed by atoms with van der Waals surface area (Å²) in [6, 6.07) is 5.89. The zero-order valence-corrected chi connectivity index (χ0v) is 14.4. The third-order valence-electron chi connectivity index (χ3n) is 4.30. The summed E-state index contributed by atoms with van der Waals surface area (Å²) in [5.41, 5.74) is 7.28. The molecule has 1 aromatic rings. The van der Waals surface area contributed by atoms with Crippen molar-refractivity contribution in [1.82, 2.24) is 4.90 Å². The molecule has 5 heteroatoms. The van der Waals surface area contributed by atoms with Gasteiger partial charge in [-0.25, -0.2) is 0 Å². The van der Waals surface area contributed by atoms with Gasteiger partial charge in [0.15, 0.2) is 5.96 Å². The summed E-state index contributed by atoms with van der Waals surface area (Å²) in [6.07, 6.45) is 6.89. The molecule has 1 aromatic carbocycles. The molecule has 2 N–H and O–H groups in total. The van der Waals surface area contributed by atoms with Crippen LogP contribution in [0.1, 0.15) is 37.7 Å². The zero-order chi connectivity index (χ0) is 16.5. The first-order chi connectivity index (χ1) is 11.2. The van der Waals surface area contributed by atoms with Crippen molar-refractivity contribution in [1.29, 1.82) is 0 Å². The lowest BCUT2D eigenvalue weighted by atomic mass is 10.1. The zero-order valence-electron chi connectivity index (χ0n) is 14.4. The molecule has 0 radical (unpaired) electrons. The smallest absolute Gasteiger partial charge is 0.191 e. The molecule has 0 atom stereocenters. The molecule has 0 saturated carbocycles. The van der Waals surface area contributed by atoms with Crippen LogP contribution in [0.25, 0.3) is 0 Å². The number of guanidine groups is 1. The van der Waals surface area contributed by atoms with Gasteiger partial charge in [0.2, 0.25) is 0 Å². The molecule has 128 valence electrons. The SMILES string of the molecule is COc1ccc(OC)c(CCCN=C(N)N2CCCCCC2)c1. The van der Waals surface area contributed by atoms with Gasteiger partial charge in [-0.2, -0.15) is 0 Å². The monoisotopic (exact) mass is 319 g/mol. The van der Waals surface area contributed by atoms with Crippen LogP contribution in [0.2, 0.25) is 0 Å². The maximum atomic E-state index is 6.13. The molecule has 23 heavy (non-hydrogen) atoms. The molecule has 1 fully saturated rings. The van der Waals surface area contributed by atoms with Crippen LogP contribution >= 0.6 is 0 Å². The van der Waals surface area contributed by atoms with E-state index in [0.29, 0.717) is 5.96 Å². The van der Waals surface area contributed by atoms with Gasteiger partial charge < -0.3 is 20.1 Å². The molecule has 2 rings (SSSR count). The second kappa shape index (κ2) is 9.28. The Bertz CT molecular complexity index is 509. The second-order valence-corrected chi connectivity index (χ2v) is 5.92. The average Bonchev–Trinajstić information content (AvgIpc) is 2.87. The van der Waals surface area contributed by atoms with Crippen LogP contribution in [0, 0.1) is 0 Å². The van der Waals surface area contributed by atoms with E-state index in [2.05, 4.69) is 9.89 Å². The van der Waals surface area contributed by atoms with E-state index in [1.165, 1.54) is 25.7 Å². The minimum Gasteiger partial charge on any atom is -0.497 e. The Balaban J connectivity index is 1.85. The van der Waals surface area contributed by atoms with Gasteiger partial charge in [0, 0.05) is 19.6 Å². The van der Waals surface area contributed by atoms with E-state index in [1.54, 1.807) is 14.2 Å². The maximum Gasteiger partial charge on any atom is 0.191 e. The van der Waals surface area contributed by atoms with E-state index in [4.69, 9.17) is 15.2 Å². The standard InChI is InChI=1S/C18H29N3O2/c1-22-16-9-10-17(23-2)15(14-16)8-7-11-20-18(19)21-12-5-3-4-6-13-21/h9-10,14H,3-8,11-13H2,1-2H3,(H2,19,20). The van der Waals surface area contributed by atoms with Crippen molar-refractivity contribution >= 4 is 5.96 Å². The van der Waals surface area contributed by atoms with Gasteiger partial charge in [-0.15, -0.1) is 0 Å². The number of aryl methyl sites for hydroxylation is 1. The highest BCUT2D eigenvalue weighted by atomic mass is 16.5. The van der Waals surface area contributed by atoms with E-state index in [1.807, 2.05) is 18.2 Å². The van der Waals surface area contributed by atoms with E-state index < -0.39 is 0 Å². The predicted octanol–water partition coefficient (Wildman–Crippen LogP) is 2.83. The molecule has 1 saturated heterocycles. The van der Waals surface area contributed by atoms with Crippen LogP contribution in [0.15, 0.2) is 23.2 Å². The third-order valence-corrected chi connectivity index (χ3v) is 4.30. The maximum absolute atomic E-state index is 6.13. The number of rotatable bonds is 6. The van der Waals surface area contributed by atoms with Gasteiger partial charge in [-0.05, 0) is 49.4 Å². The van der Waals surface area contributed by atoms with Gasteiger partial charge in [0.05, 0.1) is 14.2 Å². The highest BCUT2D eigenvalue weighted by Gasteiger charge is 2.10. The molecule has 0 bridgehead atoms. The molecule has 0 aliphatic carbocycles. The first kappa shape index (κ1) is 17.4. The van der Waals surface area contributed by atoms with Gasteiger partial charge >= 0.3 is 0 Å².